The summed E-state index contributed by atoms with van der Waals surface area (Å²) in [6.07, 6.45) is 6.83. The first-order chi connectivity index (χ1) is 8.90. The molecule has 0 bridgehead atoms. The van der Waals surface area contributed by atoms with Crippen LogP contribution in [0.4, 0.5) is 0 Å². The van der Waals surface area contributed by atoms with Gasteiger partial charge in [0.2, 0.25) is 0 Å². The third-order valence-electron chi connectivity index (χ3n) is 5.11. The molecule has 0 radical (unpaired) electrons. The zero-order chi connectivity index (χ0) is 12.4. The number of aryl methyl sites for hydroxylation is 1. The second-order valence-corrected chi connectivity index (χ2v) is 6.02. The molecule has 1 aliphatic carbocycles. The number of piperidine rings is 1. The molecule has 2 aliphatic rings. The fourth-order valence-corrected chi connectivity index (χ4v) is 4.23. The summed E-state index contributed by atoms with van der Waals surface area (Å²) in [6, 6.07) is 9.14. The number of hydrogen-bond acceptors (Lipinski definition) is 1. The molecule has 3 rings (SSSR count). The van der Waals surface area contributed by atoms with Crippen LogP contribution in [-0.4, -0.2) is 13.1 Å². The summed E-state index contributed by atoms with van der Waals surface area (Å²) < 4.78 is 0. The predicted octanol–water partition coefficient (Wildman–Crippen LogP) is 3.74. The summed E-state index contributed by atoms with van der Waals surface area (Å²) in [5.74, 6) is 2.62. The first kappa shape index (κ1) is 12.2. The second-order valence-electron chi connectivity index (χ2n) is 6.02. The van der Waals surface area contributed by atoms with Crippen molar-refractivity contribution in [1.82, 2.24) is 5.32 Å². The molecule has 1 heterocycles. The van der Waals surface area contributed by atoms with Crippen LogP contribution in [0.25, 0.3) is 0 Å². The molecule has 1 nitrogen and oxygen atoms in total. The lowest BCUT2D eigenvalue weighted by Crippen LogP contribution is -2.35. The van der Waals surface area contributed by atoms with Gasteiger partial charge in [-0.1, -0.05) is 37.6 Å². The lowest BCUT2D eigenvalue weighted by molar-refractivity contribution is 0.221. The molecule has 1 aromatic rings. The molecule has 98 valence electrons. The van der Waals surface area contributed by atoms with Gasteiger partial charge in [-0.25, -0.2) is 0 Å². The van der Waals surface area contributed by atoms with Gasteiger partial charge in [0.25, 0.3) is 0 Å². The fraction of sp³-hybridized carbons (Fsp3) is 0.647. The van der Waals surface area contributed by atoms with Gasteiger partial charge in [-0.3, -0.25) is 0 Å². The van der Waals surface area contributed by atoms with E-state index in [-0.39, 0.29) is 0 Å². The minimum absolute atomic E-state index is 0.830. The van der Waals surface area contributed by atoms with Crippen LogP contribution in [-0.2, 0) is 6.42 Å². The van der Waals surface area contributed by atoms with E-state index in [1.807, 2.05) is 0 Å². The standard InChI is InChI=1S/C17H25N/c1-2-15(14-7-5-11-18-12-14)17-10-9-13-6-3-4-8-16(13)17/h3-4,6,8,14-15,17-18H,2,5,7,9-12H2,1H3. The molecule has 1 aliphatic heterocycles. The van der Waals surface area contributed by atoms with Gasteiger partial charge >= 0.3 is 0 Å². The Labute approximate surface area is 111 Å². The molecule has 1 aromatic carbocycles. The lowest BCUT2D eigenvalue weighted by atomic mass is 9.74. The molecule has 0 amide bonds. The molecule has 3 atom stereocenters. The molecule has 0 saturated carbocycles. The number of rotatable bonds is 3. The summed E-state index contributed by atoms with van der Waals surface area (Å²) in [6.45, 7) is 4.87. The van der Waals surface area contributed by atoms with Crippen LogP contribution in [0.5, 0.6) is 0 Å². The Balaban J connectivity index is 1.80. The van der Waals surface area contributed by atoms with Crippen LogP contribution in [0.1, 0.15) is 49.7 Å². The lowest BCUT2D eigenvalue weighted by Gasteiger charge is -2.34. The number of benzene rings is 1. The van der Waals surface area contributed by atoms with Crippen molar-refractivity contribution in [2.75, 3.05) is 13.1 Å². The Hall–Kier alpha value is -0.820. The zero-order valence-corrected chi connectivity index (χ0v) is 11.5. The van der Waals surface area contributed by atoms with Crippen molar-refractivity contribution in [3.8, 4) is 0 Å². The van der Waals surface area contributed by atoms with Crippen LogP contribution >= 0.6 is 0 Å². The first-order valence-corrected chi connectivity index (χ1v) is 7.68. The smallest absolute Gasteiger partial charge is 0.00176 e. The maximum absolute atomic E-state index is 3.60. The molecule has 1 saturated heterocycles. The molecular formula is C17H25N. The molecule has 0 aromatic heterocycles. The van der Waals surface area contributed by atoms with E-state index in [1.165, 1.54) is 45.2 Å². The molecule has 1 heteroatoms. The van der Waals surface area contributed by atoms with Crippen molar-refractivity contribution in [2.24, 2.45) is 11.8 Å². The highest BCUT2D eigenvalue weighted by molar-refractivity contribution is 5.35. The van der Waals surface area contributed by atoms with E-state index in [9.17, 15) is 0 Å². The van der Waals surface area contributed by atoms with E-state index in [0.717, 1.165) is 17.8 Å². The molecule has 0 spiro atoms. The Morgan fingerprint density at radius 3 is 2.94 bits per heavy atom. The van der Waals surface area contributed by atoms with Crippen LogP contribution in [0, 0.1) is 11.8 Å². The monoisotopic (exact) mass is 243 g/mol. The highest BCUT2D eigenvalue weighted by Crippen LogP contribution is 2.43. The highest BCUT2D eigenvalue weighted by Gasteiger charge is 2.33. The van der Waals surface area contributed by atoms with Crippen LogP contribution in [0.3, 0.4) is 0 Å². The molecular weight excluding hydrogens is 218 g/mol. The van der Waals surface area contributed by atoms with Gasteiger partial charge < -0.3 is 5.32 Å². The highest BCUT2D eigenvalue weighted by atomic mass is 14.9. The van der Waals surface area contributed by atoms with Crippen molar-refractivity contribution >= 4 is 0 Å². The first-order valence-electron chi connectivity index (χ1n) is 7.68. The van der Waals surface area contributed by atoms with E-state index < -0.39 is 0 Å². The summed E-state index contributed by atoms with van der Waals surface area (Å²) in [5, 5.41) is 3.60. The van der Waals surface area contributed by atoms with Gasteiger partial charge in [0.15, 0.2) is 0 Å². The minimum atomic E-state index is 0.830. The number of fused-ring (bicyclic) bond motifs is 1. The topological polar surface area (TPSA) is 12.0 Å². The van der Waals surface area contributed by atoms with Crippen LogP contribution in [0.2, 0.25) is 0 Å². The Bertz CT molecular complexity index is 392. The third kappa shape index (κ3) is 2.21. The van der Waals surface area contributed by atoms with Crippen molar-refractivity contribution < 1.29 is 0 Å². The number of hydrogen-bond donors (Lipinski definition) is 1. The van der Waals surface area contributed by atoms with E-state index in [0.29, 0.717) is 0 Å². The summed E-state index contributed by atoms with van der Waals surface area (Å²) in [4.78, 5) is 0. The van der Waals surface area contributed by atoms with Gasteiger partial charge in [0, 0.05) is 0 Å². The SMILES string of the molecule is CCC(C1CCCNC1)C1CCc2ccccc21. The third-order valence-corrected chi connectivity index (χ3v) is 5.11. The maximum Gasteiger partial charge on any atom is -0.00176 e. The largest absolute Gasteiger partial charge is 0.316 e. The zero-order valence-electron chi connectivity index (χ0n) is 11.5. The van der Waals surface area contributed by atoms with Gasteiger partial charge in [-0.2, -0.15) is 0 Å². The van der Waals surface area contributed by atoms with E-state index in [4.69, 9.17) is 0 Å². The van der Waals surface area contributed by atoms with Gasteiger partial charge in [-0.15, -0.1) is 0 Å². The average molecular weight is 243 g/mol. The Kier molecular flexibility index (Phi) is 3.69. The van der Waals surface area contributed by atoms with Crippen molar-refractivity contribution in [3.63, 3.8) is 0 Å². The maximum atomic E-state index is 3.60. The minimum Gasteiger partial charge on any atom is -0.316 e. The van der Waals surface area contributed by atoms with Crippen molar-refractivity contribution in [1.29, 1.82) is 0 Å². The quantitative estimate of drug-likeness (QED) is 0.852. The van der Waals surface area contributed by atoms with Crippen LogP contribution in [0.15, 0.2) is 24.3 Å². The van der Waals surface area contributed by atoms with E-state index in [2.05, 4.69) is 36.5 Å². The average Bonchev–Trinajstić information content (AvgIpc) is 2.85. The molecule has 3 unspecified atom stereocenters. The summed E-state index contributed by atoms with van der Waals surface area (Å²) in [7, 11) is 0. The van der Waals surface area contributed by atoms with Gasteiger partial charge in [0.05, 0.1) is 0 Å². The second kappa shape index (κ2) is 5.44. The molecule has 1 fully saturated rings. The van der Waals surface area contributed by atoms with E-state index >= 15 is 0 Å². The Morgan fingerprint density at radius 2 is 2.17 bits per heavy atom. The number of nitrogens with one attached hydrogen (secondary N) is 1. The van der Waals surface area contributed by atoms with Gasteiger partial charge in [-0.05, 0) is 67.7 Å². The molecule has 18 heavy (non-hydrogen) atoms. The van der Waals surface area contributed by atoms with Crippen LogP contribution < -0.4 is 5.32 Å². The van der Waals surface area contributed by atoms with Crippen molar-refractivity contribution in [2.45, 2.75) is 44.9 Å². The molecule has 1 N–H and O–H groups in total. The summed E-state index contributed by atoms with van der Waals surface area (Å²) >= 11 is 0. The van der Waals surface area contributed by atoms with Crippen molar-refractivity contribution in [3.05, 3.63) is 35.4 Å². The van der Waals surface area contributed by atoms with E-state index in [1.54, 1.807) is 11.1 Å². The van der Waals surface area contributed by atoms with Gasteiger partial charge in [0.1, 0.15) is 0 Å². The summed E-state index contributed by atoms with van der Waals surface area (Å²) in [5.41, 5.74) is 3.28. The normalized spacial score (nSPS) is 28.9. The Morgan fingerprint density at radius 1 is 1.28 bits per heavy atom. The predicted molar refractivity (Wildman–Crippen MR) is 76.9 cm³/mol. The fourth-order valence-electron chi connectivity index (χ4n) is 4.23.